The molecule has 1 aromatic rings. The third kappa shape index (κ3) is 2.70. The van der Waals surface area contributed by atoms with Crippen LogP contribution in [0.5, 0.6) is 0 Å². The van der Waals surface area contributed by atoms with E-state index in [1.165, 1.54) is 6.07 Å². The van der Waals surface area contributed by atoms with Crippen LogP contribution >= 0.6 is 11.6 Å². The maximum Gasteiger partial charge on any atom is 0.123 e. The van der Waals surface area contributed by atoms with Crippen molar-refractivity contribution in [1.29, 1.82) is 0 Å². The van der Waals surface area contributed by atoms with Crippen LogP contribution in [-0.4, -0.2) is 11.4 Å². The largest absolute Gasteiger partial charge is 0.310 e. The van der Waals surface area contributed by atoms with Crippen molar-refractivity contribution >= 4 is 11.6 Å². The van der Waals surface area contributed by atoms with Crippen molar-refractivity contribution in [1.82, 2.24) is 5.32 Å². The number of rotatable bonds is 3. The molecular formula is C12H15ClFN. The van der Waals surface area contributed by atoms with Crippen molar-refractivity contribution in [2.45, 2.75) is 37.7 Å². The first-order valence-electron chi connectivity index (χ1n) is 5.27. The molecule has 0 aromatic heterocycles. The minimum absolute atomic E-state index is 0.166. The van der Waals surface area contributed by atoms with Gasteiger partial charge < -0.3 is 5.32 Å². The van der Waals surface area contributed by atoms with Gasteiger partial charge in [-0.25, -0.2) is 4.39 Å². The highest BCUT2D eigenvalue weighted by atomic mass is 35.5. The summed E-state index contributed by atoms with van der Waals surface area (Å²) in [6, 6.07) is 5.46. The lowest BCUT2D eigenvalue weighted by Gasteiger charge is -2.31. The maximum atomic E-state index is 12.8. The van der Waals surface area contributed by atoms with E-state index in [9.17, 15) is 4.39 Å². The molecule has 15 heavy (non-hydrogen) atoms. The van der Waals surface area contributed by atoms with Crippen molar-refractivity contribution in [3.8, 4) is 0 Å². The lowest BCUT2D eigenvalue weighted by Crippen LogP contribution is -2.41. The molecule has 2 rings (SSSR count). The Morgan fingerprint density at radius 1 is 1.47 bits per heavy atom. The molecule has 82 valence electrons. The summed E-state index contributed by atoms with van der Waals surface area (Å²) in [6.45, 7) is 2.74. The van der Waals surface area contributed by atoms with Gasteiger partial charge in [0, 0.05) is 18.0 Å². The molecule has 0 unspecified atom stereocenters. The fourth-order valence-electron chi connectivity index (χ4n) is 1.83. The number of nitrogens with one attached hydrogen (secondary N) is 1. The molecule has 0 bridgehead atoms. The normalized spacial score (nSPS) is 25.0. The minimum Gasteiger partial charge on any atom is -0.310 e. The third-order valence-corrected chi connectivity index (χ3v) is 3.32. The topological polar surface area (TPSA) is 12.0 Å². The molecule has 1 N–H and O–H groups in total. The van der Waals surface area contributed by atoms with E-state index in [-0.39, 0.29) is 5.82 Å². The molecule has 0 amide bonds. The maximum absolute atomic E-state index is 12.8. The lowest BCUT2D eigenvalue weighted by atomic mass is 9.92. The van der Waals surface area contributed by atoms with Crippen LogP contribution in [0.2, 0.25) is 0 Å². The monoisotopic (exact) mass is 227 g/mol. The molecule has 0 aliphatic heterocycles. The molecule has 1 aliphatic rings. The Bertz CT molecular complexity index is 347. The van der Waals surface area contributed by atoms with E-state index in [0.29, 0.717) is 11.4 Å². The fraction of sp³-hybridized carbons (Fsp3) is 0.500. The second-order valence-corrected chi connectivity index (χ2v) is 4.83. The first kappa shape index (κ1) is 10.9. The van der Waals surface area contributed by atoms with Crippen molar-refractivity contribution in [3.63, 3.8) is 0 Å². The van der Waals surface area contributed by atoms with Gasteiger partial charge in [0.2, 0.25) is 0 Å². The van der Waals surface area contributed by atoms with Crippen molar-refractivity contribution < 1.29 is 4.39 Å². The van der Waals surface area contributed by atoms with Gasteiger partial charge in [-0.05, 0) is 43.0 Å². The van der Waals surface area contributed by atoms with Gasteiger partial charge in [-0.1, -0.05) is 6.07 Å². The molecule has 1 saturated carbocycles. The predicted octanol–water partition coefficient (Wildman–Crippen LogP) is 2.99. The van der Waals surface area contributed by atoms with Crippen LogP contribution in [0, 0.1) is 12.7 Å². The zero-order valence-electron chi connectivity index (χ0n) is 8.76. The van der Waals surface area contributed by atoms with E-state index in [0.717, 1.165) is 30.5 Å². The zero-order chi connectivity index (χ0) is 10.8. The second-order valence-electron chi connectivity index (χ2n) is 4.22. The van der Waals surface area contributed by atoms with E-state index < -0.39 is 0 Å². The number of hydrogen-bond donors (Lipinski definition) is 1. The highest BCUT2D eigenvalue weighted by molar-refractivity contribution is 6.21. The average Bonchev–Trinajstić information content (AvgIpc) is 2.13. The van der Waals surface area contributed by atoms with Crippen LogP contribution in [0.15, 0.2) is 18.2 Å². The molecule has 1 aromatic carbocycles. The Morgan fingerprint density at radius 2 is 2.20 bits per heavy atom. The second kappa shape index (κ2) is 4.50. The van der Waals surface area contributed by atoms with Crippen LogP contribution in [0.25, 0.3) is 0 Å². The van der Waals surface area contributed by atoms with E-state index >= 15 is 0 Å². The van der Waals surface area contributed by atoms with Crippen molar-refractivity contribution in [2.24, 2.45) is 0 Å². The first-order chi connectivity index (χ1) is 7.15. The summed E-state index contributed by atoms with van der Waals surface area (Å²) in [7, 11) is 0. The molecule has 0 heterocycles. The summed E-state index contributed by atoms with van der Waals surface area (Å²) in [5.41, 5.74) is 2.17. The van der Waals surface area contributed by atoms with Gasteiger partial charge in [-0.2, -0.15) is 0 Å². The number of aryl methyl sites for hydroxylation is 1. The highest BCUT2D eigenvalue weighted by Gasteiger charge is 2.26. The van der Waals surface area contributed by atoms with E-state index in [1.807, 2.05) is 13.0 Å². The van der Waals surface area contributed by atoms with Gasteiger partial charge in [0.05, 0.1) is 0 Å². The van der Waals surface area contributed by atoms with Gasteiger partial charge in [0.1, 0.15) is 5.82 Å². The van der Waals surface area contributed by atoms with Gasteiger partial charge in [-0.15, -0.1) is 11.6 Å². The molecule has 1 fully saturated rings. The van der Waals surface area contributed by atoms with Crippen LogP contribution in [0.1, 0.15) is 24.0 Å². The standard InChI is InChI=1S/C12H15ClFN/c1-8-4-11(14)3-2-9(8)7-15-12-5-10(13)6-12/h2-4,10,12,15H,5-7H2,1H3. The summed E-state index contributed by atoms with van der Waals surface area (Å²) in [5, 5.41) is 3.76. The quantitative estimate of drug-likeness (QED) is 0.783. The molecule has 3 heteroatoms. The van der Waals surface area contributed by atoms with Gasteiger partial charge in [-0.3, -0.25) is 0 Å². The van der Waals surface area contributed by atoms with Gasteiger partial charge in [0.25, 0.3) is 0 Å². The summed E-state index contributed by atoms with van der Waals surface area (Å²) in [5.74, 6) is -0.166. The zero-order valence-corrected chi connectivity index (χ0v) is 9.52. The lowest BCUT2D eigenvalue weighted by molar-refractivity contribution is 0.345. The molecule has 0 saturated heterocycles. The first-order valence-corrected chi connectivity index (χ1v) is 5.71. The summed E-state index contributed by atoms with van der Waals surface area (Å²) in [6.07, 6.45) is 2.09. The van der Waals surface area contributed by atoms with Crippen LogP contribution in [0.3, 0.4) is 0 Å². The molecule has 0 radical (unpaired) electrons. The number of alkyl halides is 1. The van der Waals surface area contributed by atoms with Crippen molar-refractivity contribution in [3.05, 3.63) is 35.1 Å². The highest BCUT2D eigenvalue weighted by Crippen LogP contribution is 2.25. The van der Waals surface area contributed by atoms with Gasteiger partial charge in [0.15, 0.2) is 0 Å². The SMILES string of the molecule is Cc1cc(F)ccc1CNC1CC(Cl)C1. The number of halogens is 2. The Hall–Kier alpha value is -0.600. The van der Waals surface area contributed by atoms with Crippen LogP contribution in [-0.2, 0) is 6.54 Å². The summed E-state index contributed by atoms with van der Waals surface area (Å²) >= 11 is 5.89. The molecule has 0 spiro atoms. The van der Waals surface area contributed by atoms with E-state index in [2.05, 4.69) is 5.32 Å². The van der Waals surface area contributed by atoms with Crippen LogP contribution < -0.4 is 5.32 Å². The Morgan fingerprint density at radius 3 is 2.80 bits per heavy atom. The van der Waals surface area contributed by atoms with Gasteiger partial charge >= 0.3 is 0 Å². The summed E-state index contributed by atoms with van der Waals surface area (Å²) in [4.78, 5) is 0. The van der Waals surface area contributed by atoms with E-state index in [4.69, 9.17) is 11.6 Å². The Balaban J connectivity index is 1.88. The number of benzene rings is 1. The molecule has 1 nitrogen and oxygen atoms in total. The number of hydrogen-bond acceptors (Lipinski definition) is 1. The Labute approximate surface area is 94.6 Å². The average molecular weight is 228 g/mol. The summed E-state index contributed by atoms with van der Waals surface area (Å²) < 4.78 is 12.8. The fourth-order valence-corrected chi connectivity index (χ4v) is 2.26. The molecular weight excluding hydrogens is 213 g/mol. The minimum atomic E-state index is -0.166. The predicted molar refractivity (Wildman–Crippen MR) is 60.6 cm³/mol. The Kier molecular flexibility index (Phi) is 3.27. The third-order valence-electron chi connectivity index (χ3n) is 2.97. The van der Waals surface area contributed by atoms with E-state index in [1.54, 1.807) is 6.07 Å². The smallest absolute Gasteiger partial charge is 0.123 e. The van der Waals surface area contributed by atoms with Crippen LogP contribution in [0.4, 0.5) is 4.39 Å². The molecule has 1 aliphatic carbocycles. The van der Waals surface area contributed by atoms with Crippen molar-refractivity contribution in [2.75, 3.05) is 0 Å². The molecule has 0 atom stereocenters.